The summed E-state index contributed by atoms with van der Waals surface area (Å²) in [7, 11) is 3.09. The lowest BCUT2D eigenvalue weighted by Crippen LogP contribution is -2.34. The van der Waals surface area contributed by atoms with Crippen LogP contribution in [0.25, 0.3) is 0 Å². The number of esters is 2. The van der Waals surface area contributed by atoms with E-state index < -0.39 is 0 Å². The lowest BCUT2D eigenvalue weighted by atomic mass is 10.1. The molecular formula is C13H22O8. The van der Waals surface area contributed by atoms with Gasteiger partial charge in [0.25, 0.3) is 0 Å². The van der Waals surface area contributed by atoms with Gasteiger partial charge in [-0.1, -0.05) is 0 Å². The van der Waals surface area contributed by atoms with Crippen LogP contribution in [0.2, 0.25) is 0 Å². The predicted octanol–water partition coefficient (Wildman–Crippen LogP) is -0.116. The van der Waals surface area contributed by atoms with Crippen LogP contribution in [0.1, 0.15) is 13.8 Å². The minimum Gasteiger partial charge on any atom is -0.457 e. The van der Waals surface area contributed by atoms with Gasteiger partial charge in [0.05, 0.1) is 13.2 Å². The largest absolute Gasteiger partial charge is 0.457 e. The average molecular weight is 306 g/mol. The van der Waals surface area contributed by atoms with E-state index in [0.717, 1.165) is 0 Å². The van der Waals surface area contributed by atoms with E-state index in [1.807, 2.05) is 0 Å². The summed E-state index contributed by atoms with van der Waals surface area (Å²) >= 11 is 0. The third-order valence-electron chi connectivity index (χ3n) is 2.96. The highest BCUT2D eigenvalue weighted by molar-refractivity contribution is 5.66. The third kappa shape index (κ3) is 5.58. The molecule has 122 valence electrons. The number of carbonyl (C=O) groups excluding carboxylic acids is 2. The summed E-state index contributed by atoms with van der Waals surface area (Å²) in [6, 6.07) is 0. The Morgan fingerprint density at radius 1 is 1.00 bits per heavy atom. The first-order valence-electron chi connectivity index (χ1n) is 6.55. The third-order valence-corrected chi connectivity index (χ3v) is 2.96. The second kappa shape index (κ2) is 8.93. The maximum absolute atomic E-state index is 10.8. The molecule has 2 heterocycles. The van der Waals surface area contributed by atoms with Crippen LogP contribution in [-0.2, 0) is 38.0 Å². The molecule has 8 heteroatoms. The van der Waals surface area contributed by atoms with Gasteiger partial charge in [-0.2, -0.15) is 0 Å². The number of methoxy groups -OCH3 is 2. The maximum atomic E-state index is 10.8. The Morgan fingerprint density at radius 3 is 2.00 bits per heavy atom. The molecular weight excluding hydrogens is 284 g/mol. The van der Waals surface area contributed by atoms with Crippen LogP contribution < -0.4 is 0 Å². The highest BCUT2D eigenvalue weighted by atomic mass is 16.7. The standard InChI is InChI=1S/C9H14O5.C4H8O3/c1-5(10)14-7-4-13-8-6(11-2)3-12-9(7)8;1-4(5)7-3-6-2/h6-9H,3-4H2,1-2H3;3H2,1-2H3. The molecule has 2 aliphatic rings. The van der Waals surface area contributed by atoms with E-state index in [-0.39, 0.29) is 43.1 Å². The van der Waals surface area contributed by atoms with Gasteiger partial charge in [-0.25, -0.2) is 0 Å². The Morgan fingerprint density at radius 2 is 1.57 bits per heavy atom. The van der Waals surface area contributed by atoms with Crippen molar-refractivity contribution < 1.29 is 38.0 Å². The van der Waals surface area contributed by atoms with Crippen LogP contribution in [0.3, 0.4) is 0 Å². The summed E-state index contributed by atoms with van der Waals surface area (Å²) < 4.78 is 29.9. The monoisotopic (exact) mass is 306 g/mol. The van der Waals surface area contributed by atoms with Crippen LogP contribution in [0.15, 0.2) is 0 Å². The first-order valence-corrected chi connectivity index (χ1v) is 6.55. The molecule has 0 spiro atoms. The highest BCUT2D eigenvalue weighted by Gasteiger charge is 2.49. The highest BCUT2D eigenvalue weighted by Crippen LogP contribution is 2.30. The van der Waals surface area contributed by atoms with Crippen LogP contribution in [0, 0.1) is 0 Å². The van der Waals surface area contributed by atoms with Gasteiger partial charge in [0, 0.05) is 28.1 Å². The van der Waals surface area contributed by atoms with E-state index >= 15 is 0 Å². The zero-order chi connectivity index (χ0) is 15.8. The van der Waals surface area contributed by atoms with Gasteiger partial charge < -0.3 is 28.4 Å². The molecule has 0 N–H and O–H groups in total. The van der Waals surface area contributed by atoms with Crippen LogP contribution >= 0.6 is 0 Å². The molecule has 0 bridgehead atoms. The van der Waals surface area contributed by atoms with Crippen molar-refractivity contribution in [1.29, 1.82) is 0 Å². The normalized spacial score (nSPS) is 30.1. The van der Waals surface area contributed by atoms with E-state index in [1.165, 1.54) is 21.0 Å². The molecule has 2 aliphatic heterocycles. The summed E-state index contributed by atoms with van der Waals surface area (Å²) in [5.41, 5.74) is 0. The van der Waals surface area contributed by atoms with Crippen molar-refractivity contribution in [2.45, 2.75) is 38.3 Å². The van der Waals surface area contributed by atoms with Gasteiger partial charge >= 0.3 is 11.9 Å². The first kappa shape index (κ1) is 17.8. The van der Waals surface area contributed by atoms with E-state index in [9.17, 15) is 9.59 Å². The van der Waals surface area contributed by atoms with Gasteiger partial charge in [-0.05, 0) is 0 Å². The molecule has 0 amide bonds. The van der Waals surface area contributed by atoms with Gasteiger partial charge in [0.2, 0.25) is 0 Å². The second-order valence-electron chi connectivity index (χ2n) is 4.56. The Bertz CT molecular complexity index is 345. The molecule has 2 saturated heterocycles. The number of rotatable bonds is 4. The number of hydrogen-bond donors (Lipinski definition) is 0. The molecule has 0 aromatic heterocycles. The molecule has 0 aliphatic carbocycles. The average Bonchev–Trinajstić information content (AvgIpc) is 2.99. The fraction of sp³-hybridized carbons (Fsp3) is 0.846. The van der Waals surface area contributed by atoms with E-state index in [0.29, 0.717) is 13.2 Å². The summed E-state index contributed by atoms with van der Waals surface area (Å²) in [6.07, 6.45) is -0.577. The minimum atomic E-state index is -0.318. The van der Waals surface area contributed by atoms with Crippen molar-refractivity contribution in [2.75, 3.05) is 34.2 Å². The maximum Gasteiger partial charge on any atom is 0.304 e. The Labute approximate surface area is 123 Å². The molecule has 8 nitrogen and oxygen atoms in total. The van der Waals surface area contributed by atoms with Crippen molar-refractivity contribution in [3.05, 3.63) is 0 Å². The lowest BCUT2D eigenvalue weighted by molar-refractivity contribution is -0.152. The van der Waals surface area contributed by atoms with E-state index in [2.05, 4.69) is 9.47 Å². The first-order chi connectivity index (χ1) is 9.99. The molecule has 2 rings (SSSR count). The van der Waals surface area contributed by atoms with Crippen molar-refractivity contribution >= 4 is 11.9 Å². The molecule has 2 fully saturated rings. The topological polar surface area (TPSA) is 89.5 Å². The van der Waals surface area contributed by atoms with Crippen molar-refractivity contribution in [3.63, 3.8) is 0 Å². The molecule has 4 unspecified atom stereocenters. The Kier molecular flexibility index (Phi) is 7.58. The quantitative estimate of drug-likeness (QED) is 0.525. The van der Waals surface area contributed by atoms with Crippen molar-refractivity contribution in [1.82, 2.24) is 0 Å². The number of carbonyl (C=O) groups is 2. The molecule has 0 saturated carbocycles. The van der Waals surface area contributed by atoms with E-state index in [4.69, 9.17) is 18.9 Å². The zero-order valence-electron chi connectivity index (χ0n) is 12.7. The smallest absolute Gasteiger partial charge is 0.304 e. The van der Waals surface area contributed by atoms with E-state index in [1.54, 1.807) is 7.11 Å². The lowest BCUT2D eigenvalue weighted by Gasteiger charge is -2.15. The fourth-order valence-corrected chi connectivity index (χ4v) is 2.09. The van der Waals surface area contributed by atoms with Crippen LogP contribution in [-0.4, -0.2) is 70.6 Å². The van der Waals surface area contributed by atoms with Gasteiger partial charge in [0.15, 0.2) is 12.9 Å². The summed E-state index contributed by atoms with van der Waals surface area (Å²) in [6.45, 7) is 3.67. The second-order valence-corrected chi connectivity index (χ2v) is 4.56. The van der Waals surface area contributed by atoms with Gasteiger partial charge in [0.1, 0.15) is 18.3 Å². The minimum absolute atomic E-state index is 0.0411. The number of hydrogen-bond acceptors (Lipinski definition) is 8. The summed E-state index contributed by atoms with van der Waals surface area (Å²) in [4.78, 5) is 20.7. The number of ether oxygens (including phenoxy) is 6. The molecule has 21 heavy (non-hydrogen) atoms. The van der Waals surface area contributed by atoms with Crippen LogP contribution in [0.5, 0.6) is 0 Å². The molecule has 0 aromatic carbocycles. The Hall–Kier alpha value is -1.22. The molecule has 0 aromatic rings. The summed E-state index contributed by atoms with van der Waals surface area (Å²) in [5.74, 6) is -0.620. The predicted molar refractivity (Wildman–Crippen MR) is 69.5 cm³/mol. The number of fused-ring (bicyclic) bond motifs is 1. The van der Waals surface area contributed by atoms with Gasteiger partial charge in [-0.3, -0.25) is 9.59 Å². The van der Waals surface area contributed by atoms with Crippen molar-refractivity contribution in [2.24, 2.45) is 0 Å². The summed E-state index contributed by atoms with van der Waals surface area (Å²) in [5, 5.41) is 0. The van der Waals surface area contributed by atoms with Crippen molar-refractivity contribution in [3.8, 4) is 0 Å². The SMILES string of the molecule is COC1COC2C(OC(C)=O)COC12.COCOC(C)=O. The van der Waals surface area contributed by atoms with Crippen LogP contribution in [0.4, 0.5) is 0 Å². The van der Waals surface area contributed by atoms with Gasteiger partial charge in [-0.15, -0.1) is 0 Å². The molecule has 4 atom stereocenters. The fourth-order valence-electron chi connectivity index (χ4n) is 2.09. The zero-order valence-corrected chi connectivity index (χ0v) is 12.7. The Balaban J connectivity index is 0.000000270. The molecule has 0 radical (unpaired) electrons.